The Morgan fingerprint density at radius 1 is 1.17 bits per heavy atom. The van der Waals surface area contributed by atoms with Crippen molar-refractivity contribution in [1.82, 2.24) is 15.5 Å². The number of amides is 2. The van der Waals surface area contributed by atoms with Crippen LogP contribution in [-0.2, 0) is 15.0 Å². The van der Waals surface area contributed by atoms with Gasteiger partial charge >= 0.3 is 0 Å². The molecule has 162 valence electrons. The molecule has 3 rings (SSSR count). The summed E-state index contributed by atoms with van der Waals surface area (Å²) in [5.41, 5.74) is 2.26. The molecule has 0 bridgehead atoms. The van der Waals surface area contributed by atoms with Crippen molar-refractivity contribution in [2.75, 3.05) is 26.2 Å². The number of nitrogens with zero attached hydrogens (tertiary/aromatic N) is 1. The maximum atomic E-state index is 13.0. The Balaban J connectivity index is 0.00000300. The molecule has 2 aliphatic heterocycles. The van der Waals surface area contributed by atoms with Gasteiger partial charge in [-0.1, -0.05) is 43.7 Å². The van der Waals surface area contributed by atoms with Gasteiger partial charge < -0.3 is 15.5 Å². The SMILES string of the molecule is Cc1ccc(C(C)(C)CC(=O)N2CCCC(CNC(=O)C3CCCN3)C2)cc1.Cl. The van der Waals surface area contributed by atoms with Crippen LogP contribution in [0.5, 0.6) is 0 Å². The molecule has 0 saturated carbocycles. The summed E-state index contributed by atoms with van der Waals surface area (Å²) in [4.78, 5) is 27.2. The second-order valence-electron chi connectivity index (χ2n) is 9.17. The highest BCUT2D eigenvalue weighted by Gasteiger charge is 2.30. The fraction of sp³-hybridized carbons (Fsp3) is 0.652. The summed E-state index contributed by atoms with van der Waals surface area (Å²) >= 11 is 0. The van der Waals surface area contributed by atoms with Crippen molar-refractivity contribution < 1.29 is 9.59 Å². The van der Waals surface area contributed by atoms with Crippen molar-refractivity contribution >= 4 is 24.2 Å². The average Bonchev–Trinajstić information content (AvgIpc) is 3.21. The van der Waals surface area contributed by atoms with Gasteiger partial charge in [-0.05, 0) is 56.0 Å². The molecular formula is C23H36ClN3O2. The summed E-state index contributed by atoms with van der Waals surface area (Å²) in [6.45, 7) is 9.55. The molecule has 6 heteroatoms. The number of piperidine rings is 1. The van der Waals surface area contributed by atoms with Crippen molar-refractivity contribution in [2.24, 2.45) is 5.92 Å². The van der Waals surface area contributed by atoms with Gasteiger partial charge in [0.15, 0.2) is 0 Å². The molecule has 5 nitrogen and oxygen atoms in total. The van der Waals surface area contributed by atoms with Crippen molar-refractivity contribution in [3.8, 4) is 0 Å². The van der Waals surface area contributed by atoms with Crippen LogP contribution in [0.4, 0.5) is 0 Å². The molecule has 0 spiro atoms. The maximum Gasteiger partial charge on any atom is 0.237 e. The molecule has 1 aromatic rings. The molecule has 0 aliphatic carbocycles. The number of halogens is 1. The lowest BCUT2D eigenvalue weighted by Gasteiger charge is -2.35. The monoisotopic (exact) mass is 421 g/mol. The minimum atomic E-state index is -0.180. The Kier molecular flexibility index (Phi) is 8.53. The zero-order valence-corrected chi connectivity index (χ0v) is 18.8. The van der Waals surface area contributed by atoms with Crippen molar-refractivity contribution in [2.45, 2.75) is 64.3 Å². The smallest absolute Gasteiger partial charge is 0.237 e. The highest BCUT2D eigenvalue weighted by molar-refractivity contribution is 5.85. The van der Waals surface area contributed by atoms with E-state index in [2.05, 4.69) is 55.7 Å². The number of carbonyl (C=O) groups excluding carboxylic acids is 2. The van der Waals surface area contributed by atoms with Crippen molar-refractivity contribution in [1.29, 1.82) is 0 Å². The van der Waals surface area contributed by atoms with Gasteiger partial charge in [-0.15, -0.1) is 12.4 Å². The van der Waals surface area contributed by atoms with Crippen LogP contribution in [0.25, 0.3) is 0 Å². The molecule has 1 aromatic carbocycles. The fourth-order valence-electron chi connectivity index (χ4n) is 4.33. The fourth-order valence-corrected chi connectivity index (χ4v) is 4.33. The van der Waals surface area contributed by atoms with Gasteiger partial charge in [-0.25, -0.2) is 0 Å². The number of hydrogen-bond donors (Lipinski definition) is 2. The molecule has 2 heterocycles. The molecule has 2 unspecified atom stereocenters. The van der Waals surface area contributed by atoms with Gasteiger partial charge in [-0.2, -0.15) is 0 Å². The van der Waals surface area contributed by atoms with E-state index in [0.29, 0.717) is 18.9 Å². The Bertz CT molecular complexity index is 684. The molecule has 2 amide bonds. The lowest BCUT2D eigenvalue weighted by Crippen LogP contribution is -2.47. The quantitative estimate of drug-likeness (QED) is 0.741. The molecule has 2 fully saturated rings. The van der Waals surface area contributed by atoms with Gasteiger partial charge in [0, 0.05) is 26.1 Å². The number of rotatable bonds is 6. The highest BCUT2D eigenvalue weighted by Crippen LogP contribution is 2.29. The molecule has 2 aliphatic rings. The van der Waals surface area contributed by atoms with Gasteiger partial charge in [-0.3, -0.25) is 9.59 Å². The minimum absolute atomic E-state index is 0. The molecule has 29 heavy (non-hydrogen) atoms. The third-order valence-electron chi connectivity index (χ3n) is 6.24. The molecule has 0 aromatic heterocycles. The third-order valence-corrected chi connectivity index (χ3v) is 6.24. The lowest BCUT2D eigenvalue weighted by molar-refractivity contribution is -0.134. The number of aryl methyl sites for hydroxylation is 1. The van der Waals surface area contributed by atoms with E-state index in [1.807, 2.05) is 4.90 Å². The van der Waals surface area contributed by atoms with Crippen LogP contribution in [-0.4, -0.2) is 48.9 Å². The molecule has 2 N–H and O–H groups in total. The Hall–Kier alpha value is -1.59. The van der Waals surface area contributed by atoms with Crippen LogP contribution in [0.2, 0.25) is 0 Å². The standard InChI is InChI=1S/C23H35N3O2.ClH/c1-17-8-10-19(11-9-17)23(2,3)14-21(27)26-13-5-6-18(16-26)15-25-22(28)20-7-4-12-24-20;/h8-11,18,20,24H,4-7,12-16H2,1-3H3,(H,25,28);1H. The van der Waals surface area contributed by atoms with Crippen LogP contribution in [0.15, 0.2) is 24.3 Å². The second kappa shape index (κ2) is 10.4. The topological polar surface area (TPSA) is 61.4 Å². The van der Waals surface area contributed by atoms with Crippen LogP contribution >= 0.6 is 12.4 Å². The zero-order chi connectivity index (χ0) is 20.1. The summed E-state index contributed by atoms with van der Waals surface area (Å²) in [5, 5.41) is 6.33. The summed E-state index contributed by atoms with van der Waals surface area (Å²) < 4.78 is 0. The summed E-state index contributed by atoms with van der Waals surface area (Å²) in [7, 11) is 0. The Morgan fingerprint density at radius 3 is 2.55 bits per heavy atom. The summed E-state index contributed by atoms with van der Waals surface area (Å²) in [6, 6.07) is 8.46. The summed E-state index contributed by atoms with van der Waals surface area (Å²) in [6.07, 6.45) is 4.60. The second-order valence-corrected chi connectivity index (χ2v) is 9.17. The van der Waals surface area contributed by atoms with Crippen LogP contribution < -0.4 is 10.6 Å². The van der Waals surface area contributed by atoms with Gasteiger partial charge in [0.25, 0.3) is 0 Å². The largest absolute Gasteiger partial charge is 0.354 e. The molecule has 2 saturated heterocycles. The number of likely N-dealkylation sites (tertiary alicyclic amines) is 1. The first-order chi connectivity index (χ1) is 13.3. The predicted octanol–water partition coefficient (Wildman–Crippen LogP) is 3.19. The van der Waals surface area contributed by atoms with E-state index in [1.165, 1.54) is 11.1 Å². The number of benzene rings is 1. The predicted molar refractivity (Wildman–Crippen MR) is 119 cm³/mol. The zero-order valence-electron chi connectivity index (χ0n) is 18.0. The summed E-state index contributed by atoms with van der Waals surface area (Å²) in [5.74, 6) is 0.686. The van der Waals surface area contributed by atoms with E-state index in [-0.39, 0.29) is 35.7 Å². The van der Waals surface area contributed by atoms with Gasteiger partial charge in [0.2, 0.25) is 11.8 Å². The van der Waals surface area contributed by atoms with E-state index in [9.17, 15) is 9.59 Å². The van der Waals surface area contributed by atoms with Crippen molar-refractivity contribution in [3.05, 3.63) is 35.4 Å². The van der Waals surface area contributed by atoms with Crippen molar-refractivity contribution in [3.63, 3.8) is 0 Å². The first kappa shape index (κ1) is 23.7. The van der Waals surface area contributed by atoms with Gasteiger partial charge in [0.1, 0.15) is 0 Å². The number of hydrogen-bond acceptors (Lipinski definition) is 3. The molecular weight excluding hydrogens is 386 g/mol. The maximum absolute atomic E-state index is 13.0. The normalized spacial score (nSPS) is 22.1. The van der Waals surface area contributed by atoms with E-state index < -0.39 is 0 Å². The molecule has 0 radical (unpaired) electrons. The average molecular weight is 422 g/mol. The minimum Gasteiger partial charge on any atom is -0.354 e. The Labute approximate surface area is 181 Å². The first-order valence-electron chi connectivity index (χ1n) is 10.7. The number of nitrogens with one attached hydrogen (secondary N) is 2. The van der Waals surface area contributed by atoms with E-state index in [1.54, 1.807) is 0 Å². The third kappa shape index (κ3) is 6.45. The molecule has 2 atom stereocenters. The van der Waals surface area contributed by atoms with Crippen LogP contribution in [0, 0.1) is 12.8 Å². The number of carbonyl (C=O) groups is 2. The van der Waals surface area contributed by atoms with Gasteiger partial charge in [0.05, 0.1) is 6.04 Å². The highest BCUT2D eigenvalue weighted by atomic mass is 35.5. The van der Waals surface area contributed by atoms with E-state index >= 15 is 0 Å². The lowest BCUT2D eigenvalue weighted by atomic mass is 9.80. The Morgan fingerprint density at radius 2 is 1.90 bits per heavy atom. The first-order valence-corrected chi connectivity index (χ1v) is 10.7. The van der Waals surface area contributed by atoms with E-state index in [4.69, 9.17) is 0 Å². The van der Waals surface area contributed by atoms with E-state index in [0.717, 1.165) is 45.3 Å². The van der Waals surface area contributed by atoms with Crippen LogP contribution in [0.3, 0.4) is 0 Å². The van der Waals surface area contributed by atoms with Crippen LogP contribution in [0.1, 0.15) is 57.1 Å².